The van der Waals surface area contributed by atoms with E-state index in [1.165, 1.54) is 43.0 Å². The van der Waals surface area contributed by atoms with Gasteiger partial charge in [0.25, 0.3) is 0 Å². The largest absolute Gasteiger partial charge is 0.326 e. The second-order valence-corrected chi connectivity index (χ2v) is 7.97. The van der Waals surface area contributed by atoms with Gasteiger partial charge in [0.15, 0.2) is 5.16 Å². The quantitative estimate of drug-likeness (QED) is 0.559. The molecule has 1 aliphatic carbocycles. The van der Waals surface area contributed by atoms with Crippen molar-refractivity contribution in [1.82, 2.24) is 14.8 Å². The van der Waals surface area contributed by atoms with E-state index in [1.54, 1.807) is 0 Å². The van der Waals surface area contributed by atoms with E-state index >= 15 is 0 Å². The van der Waals surface area contributed by atoms with Gasteiger partial charge < -0.3 is 10.6 Å². The number of nitrogens with zero attached hydrogens (tertiary/aromatic N) is 3. The van der Waals surface area contributed by atoms with Gasteiger partial charge in [0.1, 0.15) is 11.6 Å². The summed E-state index contributed by atoms with van der Waals surface area (Å²) in [4.78, 5) is 23.7. The van der Waals surface area contributed by atoms with Crippen molar-refractivity contribution in [3.8, 4) is 5.69 Å². The molecule has 1 saturated carbocycles. The Morgan fingerprint density at radius 1 is 1.10 bits per heavy atom. The smallest absolute Gasteiger partial charge is 0.234 e. The highest BCUT2D eigenvalue weighted by Crippen LogP contribution is 2.41. The number of aromatic nitrogens is 3. The highest BCUT2D eigenvalue weighted by atomic mass is 32.2. The normalized spacial score (nSPS) is 13.1. The van der Waals surface area contributed by atoms with Gasteiger partial charge in [0.05, 0.1) is 11.4 Å². The summed E-state index contributed by atoms with van der Waals surface area (Å²) in [5.74, 6) is 0.614. The monoisotopic (exact) mass is 425 g/mol. The first kappa shape index (κ1) is 20.1. The van der Waals surface area contributed by atoms with Crippen molar-refractivity contribution in [2.75, 3.05) is 16.4 Å². The van der Waals surface area contributed by atoms with E-state index in [2.05, 4.69) is 20.8 Å². The Morgan fingerprint density at radius 2 is 1.87 bits per heavy atom. The Bertz CT molecular complexity index is 1080. The second kappa shape index (κ2) is 8.66. The molecule has 3 aromatic rings. The summed E-state index contributed by atoms with van der Waals surface area (Å²) in [7, 11) is 0. The minimum Gasteiger partial charge on any atom is -0.326 e. The van der Waals surface area contributed by atoms with Crippen molar-refractivity contribution >= 4 is 35.0 Å². The molecule has 30 heavy (non-hydrogen) atoms. The zero-order valence-corrected chi connectivity index (χ0v) is 17.1. The number of halogens is 1. The number of rotatable bonds is 7. The van der Waals surface area contributed by atoms with Crippen LogP contribution in [0.5, 0.6) is 0 Å². The maximum atomic E-state index is 13.0. The molecule has 0 spiro atoms. The fourth-order valence-electron chi connectivity index (χ4n) is 3.01. The van der Waals surface area contributed by atoms with Crippen LogP contribution in [-0.2, 0) is 9.59 Å². The van der Waals surface area contributed by atoms with Crippen LogP contribution in [0.25, 0.3) is 5.69 Å². The van der Waals surface area contributed by atoms with Crippen LogP contribution in [-0.4, -0.2) is 32.3 Å². The molecule has 154 valence electrons. The predicted octanol–water partition coefficient (Wildman–Crippen LogP) is 3.97. The second-order valence-electron chi connectivity index (χ2n) is 7.03. The number of hydrogen-bond acceptors (Lipinski definition) is 5. The first-order valence-corrected chi connectivity index (χ1v) is 10.5. The van der Waals surface area contributed by atoms with E-state index in [1.807, 2.05) is 28.8 Å². The average Bonchev–Trinajstić information content (AvgIpc) is 3.47. The molecule has 0 saturated heterocycles. The lowest BCUT2D eigenvalue weighted by Gasteiger charge is -2.12. The Kier molecular flexibility index (Phi) is 5.80. The molecule has 0 unspecified atom stereocenters. The molecule has 0 radical (unpaired) electrons. The van der Waals surface area contributed by atoms with Crippen molar-refractivity contribution < 1.29 is 14.0 Å². The summed E-state index contributed by atoms with van der Waals surface area (Å²) in [6.45, 7) is 1.46. The highest BCUT2D eigenvalue weighted by molar-refractivity contribution is 7.99. The van der Waals surface area contributed by atoms with Crippen molar-refractivity contribution in [3.63, 3.8) is 0 Å². The van der Waals surface area contributed by atoms with Crippen LogP contribution in [0, 0.1) is 5.82 Å². The summed E-state index contributed by atoms with van der Waals surface area (Å²) >= 11 is 1.27. The van der Waals surface area contributed by atoms with Gasteiger partial charge in [-0.2, -0.15) is 0 Å². The Morgan fingerprint density at radius 3 is 2.57 bits per heavy atom. The summed E-state index contributed by atoms with van der Waals surface area (Å²) in [6.07, 6.45) is 2.11. The fourth-order valence-corrected chi connectivity index (χ4v) is 3.77. The van der Waals surface area contributed by atoms with Crippen LogP contribution < -0.4 is 10.6 Å². The summed E-state index contributed by atoms with van der Waals surface area (Å²) in [5, 5.41) is 14.8. The third kappa shape index (κ3) is 4.85. The molecular formula is C21H20FN5O2S. The maximum absolute atomic E-state index is 13.0. The van der Waals surface area contributed by atoms with Crippen molar-refractivity contribution in [3.05, 3.63) is 60.2 Å². The molecule has 0 bridgehead atoms. The summed E-state index contributed by atoms with van der Waals surface area (Å²) in [5.41, 5.74) is 2.04. The number of hydrogen-bond donors (Lipinski definition) is 2. The van der Waals surface area contributed by atoms with Gasteiger partial charge in [-0.3, -0.25) is 14.2 Å². The lowest BCUT2D eigenvalue weighted by Crippen LogP contribution is -2.14. The number of benzene rings is 2. The molecule has 7 nitrogen and oxygen atoms in total. The molecule has 2 amide bonds. The molecule has 4 rings (SSSR count). The van der Waals surface area contributed by atoms with Crippen LogP contribution in [0.1, 0.15) is 31.5 Å². The minimum absolute atomic E-state index is 0.131. The minimum atomic E-state index is -0.357. The molecule has 1 aliphatic rings. The third-order valence-corrected chi connectivity index (χ3v) is 5.41. The fraction of sp³-hybridized carbons (Fsp3) is 0.238. The van der Waals surface area contributed by atoms with E-state index in [0.29, 0.717) is 22.4 Å². The predicted molar refractivity (Wildman–Crippen MR) is 113 cm³/mol. The average molecular weight is 425 g/mol. The van der Waals surface area contributed by atoms with Crippen molar-refractivity contribution in [2.45, 2.75) is 30.8 Å². The van der Waals surface area contributed by atoms with Crippen LogP contribution in [0.2, 0.25) is 0 Å². The van der Waals surface area contributed by atoms with Gasteiger partial charge in [0.2, 0.25) is 11.8 Å². The number of thioether (sulfide) groups is 1. The molecular weight excluding hydrogens is 405 g/mol. The number of nitrogens with one attached hydrogen (secondary N) is 2. The molecule has 0 aliphatic heterocycles. The summed E-state index contributed by atoms with van der Waals surface area (Å²) < 4.78 is 15.0. The first-order valence-electron chi connectivity index (χ1n) is 9.51. The van der Waals surface area contributed by atoms with Crippen molar-refractivity contribution in [1.29, 1.82) is 0 Å². The molecule has 1 fully saturated rings. The van der Waals surface area contributed by atoms with E-state index in [4.69, 9.17) is 0 Å². The lowest BCUT2D eigenvalue weighted by atomic mass is 10.2. The van der Waals surface area contributed by atoms with Gasteiger partial charge in [-0.15, -0.1) is 10.2 Å². The number of anilines is 2. The Labute approximate surface area is 177 Å². The summed E-state index contributed by atoms with van der Waals surface area (Å²) in [6, 6.07) is 13.1. The Balaban J connectivity index is 1.52. The van der Waals surface area contributed by atoms with E-state index in [0.717, 1.165) is 24.4 Å². The number of carbonyl (C=O) groups excluding carboxylic acids is 2. The molecule has 2 aromatic carbocycles. The van der Waals surface area contributed by atoms with Gasteiger partial charge in [-0.05, 0) is 55.3 Å². The van der Waals surface area contributed by atoms with E-state index in [9.17, 15) is 14.0 Å². The van der Waals surface area contributed by atoms with E-state index in [-0.39, 0.29) is 23.4 Å². The van der Waals surface area contributed by atoms with Gasteiger partial charge in [-0.1, -0.05) is 17.8 Å². The molecule has 1 aromatic heterocycles. The van der Waals surface area contributed by atoms with Crippen LogP contribution in [0.4, 0.5) is 15.8 Å². The van der Waals surface area contributed by atoms with Gasteiger partial charge in [-0.25, -0.2) is 4.39 Å². The lowest BCUT2D eigenvalue weighted by molar-refractivity contribution is -0.114. The standard InChI is InChI=1S/C21H20FN5O2S/c1-13(28)23-17-3-2-4-18(11-17)27-20(14-5-6-14)25-26-21(27)30-12-19(29)24-16-9-7-15(22)8-10-16/h2-4,7-11,14H,5-6,12H2,1H3,(H,23,28)(H,24,29). The maximum Gasteiger partial charge on any atom is 0.234 e. The molecule has 9 heteroatoms. The zero-order valence-electron chi connectivity index (χ0n) is 16.3. The Hall–Kier alpha value is -3.20. The molecule has 1 heterocycles. The van der Waals surface area contributed by atoms with Gasteiger partial charge >= 0.3 is 0 Å². The van der Waals surface area contributed by atoms with Crippen LogP contribution in [0.15, 0.2) is 53.7 Å². The molecule has 2 N–H and O–H groups in total. The highest BCUT2D eigenvalue weighted by Gasteiger charge is 2.31. The zero-order chi connectivity index (χ0) is 21.1. The number of carbonyl (C=O) groups is 2. The van der Waals surface area contributed by atoms with Crippen LogP contribution in [0.3, 0.4) is 0 Å². The molecule has 0 atom stereocenters. The third-order valence-electron chi connectivity index (χ3n) is 4.49. The van der Waals surface area contributed by atoms with E-state index < -0.39 is 0 Å². The number of amides is 2. The topological polar surface area (TPSA) is 88.9 Å². The first-order chi connectivity index (χ1) is 14.5. The van der Waals surface area contributed by atoms with Crippen molar-refractivity contribution in [2.24, 2.45) is 0 Å². The van der Waals surface area contributed by atoms with Gasteiger partial charge in [0, 0.05) is 24.2 Å². The van der Waals surface area contributed by atoms with Crippen LogP contribution >= 0.6 is 11.8 Å². The SMILES string of the molecule is CC(=O)Nc1cccc(-n2c(SCC(=O)Nc3ccc(F)cc3)nnc2C2CC2)c1.